The quantitative estimate of drug-likeness (QED) is 0.694. The number of rotatable bonds is 6. The lowest BCUT2D eigenvalue weighted by atomic mass is 10.0. The average molecular weight is 477 g/mol. The van der Waals surface area contributed by atoms with E-state index in [1.54, 1.807) is 47.0 Å². The van der Waals surface area contributed by atoms with Crippen molar-refractivity contribution in [1.29, 1.82) is 0 Å². The number of amides is 2. The second-order valence-electron chi connectivity index (χ2n) is 8.00. The highest BCUT2D eigenvalue weighted by atomic mass is 35.5. The molecular weight excluding hydrogens is 451 g/mol. The van der Waals surface area contributed by atoms with Gasteiger partial charge >= 0.3 is 0 Å². The fourth-order valence-corrected chi connectivity index (χ4v) is 5.75. The summed E-state index contributed by atoms with van der Waals surface area (Å²) in [7, 11) is 0. The number of nitrogens with two attached hydrogens (primary N) is 1. The highest BCUT2D eigenvalue weighted by Gasteiger charge is 2.34. The van der Waals surface area contributed by atoms with Gasteiger partial charge < -0.3 is 10.6 Å². The van der Waals surface area contributed by atoms with Crippen LogP contribution in [0.5, 0.6) is 0 Å². The van der Waals surface area contributed by atoms with Crippen LogP contribution in [-0.2, 0) is 9.59 Å². The normalized spacial score (nSPS) is 20.9. The van der Waals surface area contributed by atoms with Gasteiger partial charge in [0.05, 0.1) is 6.54 Å². The van der Waals surface area contributed by atoms with Crippen LogP contribution in [0.25, 0.3) is 0 Å². The van der Waals surface area contributed by atoms with E-state index in [9.17, 15) is 14.0 Å². The molecule has 0 aromatic heterocycles. The SMILES string of the molecule is NC(=O)C(c1ccc(Cl)cc1)N1CCN(CC(=O)N2CCSC2c2ccccc2F)CC1. The van der Waals surface area contributed by atoms with Gasteiger partial charge in [-0.15, -0.1) is 11.8 Å². The summed E-state index contributed by atoms with van der Waals surface area (Å²) in [6.07, 6.45) is 0. The molecule has 2 aromatic rings. The molecule has 170 valence electrons. The number of thioether (sulfide) groups is 1. The maximum atomic E-state index is 14.3. The van der Waals surface area contributed by atoms with Crippen molar-refractivity contribution in [3.63, 3.8) is 0 Å². The Hall–Kier alpha value is -2.13. The first-order valence-electron chi connectivity index (χ1n) is 10.6. The van der Waals surface area contributed by atoms with E-state index in [1.165, 1.54) is 6.07 Å². The van der Waals surface area contributed by atoms with Crippen molar-refractivity contribution in [2.45, 2.75) is 11.4 Å². The number of halogens is 2. The topological polar surface area (TPSA) is 69.9 Å². The maximum absolute atomic E-state index is 14.3. The second kappa shape index (κ2) is 10.2. The van der Waals surface area contributed by atoms with Crippen molar-refractivity contribution >= 4 is 35.2 Å². The van der Waals surface area contributed by atoms with Crippen LogP contribution in [0.1, 0.15) is 22.5 Å². The van der Waals surface area contributed by atoms with Crippen LogP contribution in [0.3, 0.4) is 0 Å². The van der Waals surface area contributed by atoms with E-state index in [0.29, 0.717) is 43.3 Å². The third-order valence-corrected chi connectivity index (χ3v) is 7.46. The Morgan fingerprint density at radius 3 is 2.41 bits per heavy atom. The van der Waals surface area contributed by atoms with E-state index in [-0.39, 0.29) is 23.6 Å². The minimum Gasteiger partial charge on any atom is -0.368 e. The summed E-state index contributed by atoms with van der Waals surface area (Å²) in [6.45, 7) is 3.43. The minimum atomic E-state index is -0.523. The molecule has 32 heavy (non-hydrogen) atoms. The number of hydrogen-bond donors (Lipinski definition) is 1. The third-order valence-electron chi connectivity index (χ3n) is 5.97. The number of primary amides is 1. The van der Waals surface area contributed by atoms with Crippen LogP contribution >= 0.6 is 23.4 Å². The van der Waals surface area contributed by atoms with Crippen LogP contribution in [0, 0.1) is 5.82 Å². The number of piperazine rings is 1. The molecule has 2 saturated heterocycles. The zero-order chi connectivity index (χ0) is 22.7. The summed E-state index contributed by atoms with van der Waals surface area (Å²) < 4.78 is 14.3. The smallest absolute Gasteiger partial charge is 0.239 e. The van der Waals surface area contributed by atoms with Crippen LogP contribution in [0.15, 0.2) is 48.5 Å². The maximum Gasteiger partial charge on any atom is 0.239 e. The summed E-state index contributed by atoms with van der Waals surface area (Å²) in [5, 5.41) is 0.322. The Labute approximate surface area is 196 Å². The van der Waals surface area contributed by atoms with Gasteiger partial charge in [-0.1, -0.05) is 41.9 Å². The molecule has 2 amide bonds. The zero-order valence-electron chi connectivity index (χ0n) is 17.6. The van der Waals surface area contributed by atoms with Crippen LogP contribution in [0.2, 0.25) is 5.02 Å². The fourth-order valence-electron chi connectivity index (χ4n) is 4.32. The van der Waals surface area contributed by atoms with Gasteiger partial charge in [-0.3, -0.25) is 19.4 Å². The van der Waals surface area contributed by atoms with Crippen molar-refractivity contribution in [1.82, 2.24) is 14.7 Å². The van der Waals surface area contributed by atoms with Crippen molar-refractivity contribution in [3.8, 4) is 0 Å². The first kappa shape index (κ1) is 23.0. The summed E-state index contributed by atoms with van der Waals surface area (Å²) >= 11 is 7.56. The molecule has 9 heteroatoms. The third kappa shape index (κ3) is 5.09. The molecule has 0 aliphatic carbocycles. The largest absolute Gasteiger partial charge is 0.368 e. The minimum absolute atomic E-state index is 0.000792. The van der Waals surface area contributed by atoms with Crippen LogP contribution < -0.4 is 5.73 Å². The van der Waals surface area contributed by atoms with E-state index in [4.69, 9.17) is 17.3 Å². The van der Waals surface area contributed by atoms with Crippen molar-refractivity contribution in [2.75, 3.05) is 45.0 Å². The first-order valence-corrected chi connectivity index (χ1v) is 12.0. The molecule has 2 aliphatic heterocycles. The number of carbonyl (C=O) groups excluding carboxylic acids is 2. The Bertz CT molecular complexity index is 969. The lowest BCUT2D eigenvalue weighted by Gasteiger charge is -2.38. The van der Waals surface area contributed by atoms with E-state index < -0.39 is 11.9 Å². The Kier molecular flexibility index (Phi) is 7.35. The lowest BCUT2D eigenvalue weighted by molar-refractivity contribution is -0.133. The van der Waals surface area contributed by atoms with Gasteiger partial charge in [0, 0.05) is 49.1 Å². The van der Waals surface area contributed by atoms with Gasteiger partial charge in [0.2, 0.25) is 11.8 Å². The molecule has 2 atom stereocenters. The Balaban J connectivity index is 1.36. The van der Waals surface area contributed by atoms with Gasteiger partial charge in [0.15, 0.2) is 0 Å². The molecule has 2 N–H and O–H groups in total. The molecule has 0 bridgehead atoms. The predicted octanol–water partition coefficient (Wildman–Crippen LogP) is 2.90. The molecule has 0 saturated carbocycles. The molecule has 0 radical (unpaired) electrons. The lowest BCUT2D eigenvalue weighted by Crippen LogP contribution is -2.52. The van der Waals surface area contributed by atoms with E-state index in [2.05, 4.69) is 4.90 Å². The number of hydrogen-bond acceptors (Lipinski definition) is 5. The van der Waals surface area contributed by atoms with Gasteiger partial charge in [-0.05, 0) is 23.8 Å². The molecule has 0 spiro atoms. The van der Waals surface area contributed by atoms with E-state index >= 15 is 0 Å². The predicted molar refractivity (Wildman–Crippen MR) is 125 cm³/mol. The van der Waals surface area contributed by atoms with Gasteiger partial charge in [0.1, 0.15) is 17.2 Å². The van der Waals surface area contributed by atoms with Crippen molar-refractivity contribution in [3.05, 3.63) is 70.5 Å². The number of nitrogens with zero attached hydrogens (tertiary/aromatic N) is 3. The van der Waals surface area contributed by atoms with E-state index in [0.717, 1.165) is 11.3 Å². The molecule has 2 unspecified atom stereocenters. The second-order valence-corrected chi connectivity index (χ2v) is 9.62. The van der Waals surface area contributed by atoms with E-state index in [1.807, 2.05) is 17.0 Å². The first-order chi connectivity index (χ1) is 15.4. The molecule has 2 fully saturated rings. The summed E-state index contributed by atoms with van der Waals surface area (Å²) in [5.41, 5.74) is 7.07. The molecule has 2 aliphatic rings. The zero-order valence-corrected chi connectivity index (χ0v) is 19.2. The van der Waals surface area contributed by atoms with Gasteiger partial charge in [0.25, 0.3) is 0 Å². The summed E-state index contributed by atoms with van der Waals surface area (Å²) in [5.74, 6) is 0.109. The number of benzene rings is 2. The Morgan fingerprint density at radius 2 is 1.75 bits per heavy atom. The molecule has 2 heterocycles. The number of carbonyl (C=O) groups is 2. The van der Waals surface area contributed by atoms with Gasteiger partial charge in [-0.25, -0.2) is 4.39 Å². The standard InChI is InChI=1S/C23H26ClFN4O2S/c24-17-7-5-16(6-8-17)21(22(26)31)28-11-9-27(10-12-28)15-20(30)29-13-14-32-23(29)18-3-1-2-4-19(18)25/h1-8,21,23H,9-15H2,(H2,26,31). The highest BCUT2D eigenvalue weighted by molar-refractivity contribution is 7.99. The van der Waals surface area contributed by atoms with Crippen LogP contribution in [0.4, 0.5) is 4.39 Å². The van der Waals surface area contributed by atoms with Crippen molar-refractivity contribution in [2.24, 2.45) is 5.73 Å². The fraction of sp³-hybridized carbons (Fsp3) is 0.391. The highest BCUT2D eigenvalue weighted by Crippen LogP contribution is 2.39. The summed E-state index contributed by atoms with van der Waals surface area (Å²) in [6, 6.07) is 13.3. The molecule has 6 nitrogen and oxygen atoms in total. The Morgan fingerprint density at radius 1 is 1.06 bits per heavy atom. The van der Waals surface area contributed by atoms with Gasteiger partial charge in [-0.2, -0.15) is 0 Å². The summed E-state index contributed by atoms with van der Waals surface area (Å²) in [4.78, 5) is 31.1. The molecular formula is C23H26ClFN4O2S. The van der Waals surface area contributed by atoms with Crippen molar-refractivity contribution < 1.29 is 14.0 Å². The average Bonchev–Trinajstić information content (AvgIpc) is 3.26. The molecule has 2 aromatic carbocycles. The van der Waals surface area contributed by atoms with Crippen LogP contribution in [-0.4, -0.2) is 71.5 Å². The molecule has 4 rings (SSSR count). The monoisotopic (exact) mass is 476 g/mol.